The van der Waals surface area contributed by atoms with Gasteiger partial charge in [-0.1, -0.05) is 0 Å². The van der Waals surface area contributed by atoms with Gasteiger partial charge in [0, 0.05) is 24.2 Å². The third-order valence-electron chi connectivity index (χ3n) is 3.65. The summed E-state index contributed by atoms with van der Waals surface area (Å²) < 4.78 is 7.83. The van der Waals surface area contributed by atoms with Crippen LogP contribution in [0.1, 0.15) is 30.0 Å². The Morgan fingerprint density at radius 1 is 1.43 bits per heavy atom. The fourth-order valence-corrected chi connectivity index (χ4v) is 3.88. The number of imidazole rings is 1. The van der Waals surface area contributed by atoms with E-state index in [9.17, 15) is 0 Å². The molecular formula is C14H16N4OS2. The summed E-state index contributed by atoms with van der Waals surface area (Å²) in [5.41, 5.74) is 2.13. The average molecular weight is 320 g/mol. The second-order valence-corrected chi connectivity index (χ2v) is 7.11. The van der Waals surface area contributed by atoms with Gasteiger partial charge in [0.05, 0.1) is 11.4 Å². The minimum atomic E-state index is 0.670. The lowest BCUT2D eigenvalue weighted by atomic mass is 10.4. The fraction of sp³-hybridized carbons (Fsp3) is 0.429. The van der Waals surface area contributed by atoms with Gasteiger partial charge in [0.1, 0.15) is 10.8 Å². The molecule has 4 rings (SSSR count). The first-order valence-electron chi connectivity index (χ1n) is 7.00. The van der Waals surface area contributed by atoms with Gasteiger partial charge in [0.2, 0.25) is 0 Å². The van der Waals surface area contributed by atoms with Crippen LogP contribution < -0.4 is 5.32 Å². The Labute approximate surface area is 130 Å². The van der Waals surface area contributed by atoms with E-state index >= 15 is 0 Å². The zero-order valence-electron chi connectivity index (χ0n) is 11.9. The Morgan fingerprint density at radius 3 is 3.00 bits per heavy atom. The maximum Gasteiger partial charge on any atom is 0.262 e. The van der Waals surface area contributed by atoms with Crippen LogP contribution in [-0.4, -0.2) is 20.4 Å². The zero-order valence-corrected chi connectivity index (χ0v) is 13.6. The number of thiazole rings is 1. The Bertz CT molecular complexity index is 765. The highest BCUT2D eigenvalue weighted by atomic mass is 32.2. The second kappa shape index (κ2) is 5.15. The van der Waals surface area contributed by atoms with Gasteiger partial charge in [-0.2, -0.15) is 0 Å². The molecule has 0 amide bonds. The second-order valence-electron chi connectivity index (χ2n) is 5.30. The quantitative estimate of drug-likeness (QED) is 0.781. The predicted octanol–water partition coefficient (Wildman–Crippen LogP) is 3.40. The molecule has 0 atom stereocenters. The van der Waals surface area contributed by atoms with Crippen LogP contribution in [0.4, 0.5) is 0 Å². The van der Waals surface area contributed by atoms with Crippen LogP contribution in [0, 0.1) is 13.8 Å². The van der Waals surface area contributed by atoms with Gasteiger partial charge < -0.3 is 9.73 Å². The van der Waals surface area contributed by atoms with Crippen molar-refractivity contribution < 1.29 is 4.42 Å². The van der Waals surface area contributed by atoms with Crippen molar-refractivity contribution in [3.63, 3.8) is 0 Å². The summed E-state index contributed by atoms with van der Waals surface area (Å²) in [4.78, 5) is 10.2. The summed E-state index contributed by atoms with van der Waals surface area (Å²) in [6, 6.07) is 0.679. The van der Waals surface area contributed by atoms with Gasteiger partial charge >= 0.3 is 0 Å². The number of aryl methyl sites for hydroxylation is 2. The summed E-state index contributed by atoms with van der Waals surface area (Å²) in [6.45, 7) is 4.74. The van der Waals surface area contributed by atoms with Crippen LogP contribution in [-0.2, 0) is 6.54 Å². The number of rotatable bonds is 5. The maximum absolute atomic E-state index is 5.67. The van der Waals surface area contributed by atoms with Crippen molar-refractivity contribution in [2.45, 2.75) is 49.5 Å². The molecule has 0 radical (unpaired) electrons. The first kappa shape index (κ1) is 13.4. The van der Waals surface area contributed by atoms with E-state index in [0.29, 0.717) is 11.3 Å². The highest BCUT2D eigenvalue weighted by molar-refractivity contribution is 7.99. The Balaban J connectivity index is 1.65. The summed E-state index contributed by atoms with van der Waals surface area (Å²) in [7, 11) is 0. The molecule has 0 saturated heterocycles. The van der Waals surface area contributed by atoms with Gasteiger partial charge in [-0.05, 0) is 38.5 Å². The average Bonchev–Trinajstić information content (AvgIpc) is 2.94. The van der Waals surface area contributed by atoms with Crippen LogP contribution in [0.25, 0.3) is 4.96 Å². The number of fused-ring (bicyclic) bond motifs is 1. The van der Waals surface area contributed by atoms with E-state index in [1.807, 2.05) is 13.8 Å². The number of hydrogen-bond acceptors (Lipinski definition) is 6. The van der Waals surface area contributed by atoms with E-state index in [-0.39, 0.29) is 0 Å². The highest BCUT2D eigenvalue weighted by Crippen LogP contribution is 2.32. The Kier molecular flexibility index (Phi) is 3.28. The monoisotopic (exact) mass is 320 g/mol. The lowest BCUT2D eigenvalue weighted by Crippen LogP contribution is -2.16. The van der Waals surface area contributed by atoms with Crippen LogP contribution in [0.2, 0.25) is 0 Å². The summed E-state index contributed by atoms with van der Waals surface area (Å²) in [5, 5.41) is 7.28. The molecule has 0 spiro atoms. The van der Waals surface area contributed by atoms with Crippen molar-refractivity contribution in [3.8, 4) is 0 Å². The lowest BCUT2D eigenvalue weighted by Gasteiger charge is -2.03. The fourth-order valence-electron chi connectivity index (χ4n) is 2.15. The Morgan fingerprint density at radius 2 is 2.29 bits per heavy atom. The number of hydrogen-bond donors (Lipinski definition) is 1. The van der Waals surface area contributed by atoms with Crippen LogP contribution in [0.3, 0.4) is 0 Å². The standard InChI is InChI=1S/C14H16N4OS2/c1-8-9(2)19-14(16-8)21-12-11(7-15-10-3-4-10)18-5-6-20-13(18)17-12/h5-6,10,15H,3-4,7H2,1-2H3. The molecule has 0 aromatic carbocycles. The molecule has 1 aliphatic rings. The molecule has 1 fully saturated rings. The van der Waals surface area contributed by atoms with Crippen molar-refractivity contribution in [1.29, 1.82) is 0 Å². The van der Waals surface area contributed by atoms with Crippen molar-refractivity contribution in [3.05, 3.63) is 28.7 Å². The summed E-state index contributed by atoms with van der Waals surface area (Å²) >= 11 is 3.16. The van der Waals surface area contributed by atoms with Crippen molar-refractivity contribution >= 4 is 28.1 Å². The molecule has 1 N–H and O–H groups in total. The third kappa shape index (κ3) is 2.61. The van der Waals surface area contributed by atoms with Crippen molar-refractivity contribution in [2.24, 2.45) is 0 Å². The van der Waals surface area contributed by atoms with Crippen LogP contribution in [0.15, 0.2) is 26.2 Å². The van der Waals surface area contributed by atoms with Crippen LogP contribution >= 0.6 is 23.1 Å². The number of nitrogens with one attached hydrogen (secondary N) is 1. The number of oxazole rings is 1. The highest BCUT2D eigenvalue weighted by Gasteiger charge is 2.23. The molecule has 3 aromatic heterocycles. The zero-order chi connectivity index (χ0) is 14.4. The Hall–Kier alpha value is -1.31. The molecule has 0 aliphatic heterocycles. The topological polar surface area (TPSA) is 55.4 Å². The molecule has 21 heavy (non-hydrogen) atoms. The van der Waals surface area contributed by atoms with Gasteiger partial charge in [0.25, 0.3) is 5.22 Å². The first-order chi connectivity index (χ1) is 10.2. The minimum absolute atomic E-state index is 0.670. The van der Waals surface area contributed by atoms with E-state index < -0.39 is 0 Å². The van der Waals surface area contributed by atoms with Gasteiger partial charge in [0.15, 0.2) is 4.96 Å². The lowest BCUT2D eigenvalue weighted by molar-refractivity contribution is 0.431. The molecule has 5 nitrogen and oxygen atoms in total. The number of nitrogens with zero attached hydrogens (tertiary/aromatic N) is 3. The van der Waals surface area contributed by atoms with Gasteiger partial charge in [-0.25, -0.2) is 9.97 Å². The molecule has 1 aliphatic carbocycles. The molecule has 1 saturated carbocycles. The molecule has 0 bridgehead atoms. The third-order valence-corrected chi connectivity index (χ3v) is 5.28. The predicted molar refractivity (Wildman–Crippen MR) is 83.0 cm³/mol. The van der Waals surface area contributed by atoms with Gasteiger partial charge in [-0.15, -0.1) is 11.3 Å². The van der Waals surface area contributed by atoms with Crippen LogP contribution in [0.5, 0.6) is 0 Å². The molecule has 3 heterocycles. The van der Waals surface area contributed by atoms with Gasteiger partial charge in [-0.3, -0.25) is 4.40 Å². The number of aromatic nitrogens is 3. The van der Waals surface area contributed by atoms with Crippen molar-refractivity contribution in [1.82, 2.24) is 19.7 Å². The summed E-state index contributed by atoms with van der Waals surface area (Å²) in [6.07, 6.45) is 4.64. The smallest absolute Gasteiger partial charge is 0.262 e. The van der Waals surface area contributed by atoms with E-state index in [0.717, 1.165) is 28.0 Å². The van der Waals surface area contributed by atoms with Crippen molar-refractivity contribution in [2.75, 3.05) is 0 Å². The molecular weight excluding hydrogens is 304 g/mol. The first-order valence-corrected chi connectivity index (χ1v) is 8.70. The largest absolute Gasteiger partial charge is 0.436 e. The summed E-state index contributed by atoms with van der Waals surface area (Å²) in [5.74, 6) is 0.871. The minimum Gasteiger partial charge on any atom is -0.436 e. The van der Waals surface area contributed by atoms with E-state index in [1.54, 1.807) is 11.3 Å². The molecule has 7 heteroatoms. The molecule has 0 unspecified atom stereocenters. The molecule has 3 aromatic rings. The van der Waals surface area contributed by atoms with E-state index in [4.69, 9.17) is 9.40 Å². The van der Waals surface area contributed by atoms with E-state index in [1.165, 1.54) is 30.3 Å². The maximum atomic E-state index is 5.67. The van der Waals surface area contributed by atoms with E-state index in [2.05, 4.69) is 26.3 Å². The normalized spacial score (nSPS) is 15.1. The molecule has 110 valence electrons. The SMILES string of the molecule is Cc1nc(Sc2nc3sccn3c2CNC2CC2)oc1C.